The van der Waals surface area contributed by atoms with Crippen molar-refractivity contribution in [1.29, 1.82) is 0 Å². The van der Waals surface area contributed by atoms with Gasteiger partial charge in [-0.2, -0.15) is 0 Å². The molecule has 1 aromatic rings. The standard InChI is InChI=1S/C19H29N3O2.ClH/c1-13(17-7-5-9-20-12-17)10-19(24)21-14(2)16-6-4-8-18(11-16)22-15(3)23;/h4,6,8,11,13-14,17,20H,5,7,9-10,12H2,1-3H3,(H,21,24)(H,22,23);1H. The Kier molecular flexibility index (Phi) is 8.93. The third-order valence-electron chi connectivity index (χ3n) is 4.73. The maximum atomic E-state index is 12.3. The molecule has 3 unspecified atom stereocenters. The summed E-state index contributed by atoms with van der Waals surface area (Å²) in [5.74, 6) is 0.961. The van der Waals surface area contributed by atoms with E-state index in [4.69, 9.17) is 0 Å². The molecular formula is C19H30ClN3O2. The summed E-state index contributed by atoms with van der Waals surface area (Å²) < 4.78 is 0. The lowest BCUT2D eigenvalue weighted by atomic mass is 9.85. The van der Waals surface area contributed by atoms with Gasteiger partial charge >= 0.3 is 0 Å². The molecule has 140 valence electrons. The fourth-order valence-electron chi connectivity index (χ4n) is 3.30. The molecule has 1 aliphatic rings. The summed E-state index contributed by atoms with van der Waals surface area (Å²) in [4.78, 5) is 23.5. The Bertz CT molecular complexity index is 574. The Balaban J connectivity index is 0.00000312. The van der Waals surface area contributed by atoms with Gasteiger partial charge in [0.1, 0.15) is 0 Å². The van der Waals surface area contributed by atoms with Crippen LogP contribution in [0.25, 0.3) is 0 Å². The molecule has 6 heteroatoms. The molecule has 0 radical (unpaired) electrons. The van der Waals surface area contributed by atoms with E-state index >= 15 is 0 Å². The molecule has 0 aliphatic carbocycles. The highest BCUT2D eigenvalue weighted by Gasteiger charge is 2.22. The Hall–Kier alpha value is -1.59. The molecular weight excluding hydrogens is 338 g/mol. The SMILES string of the molecule is CC(=O)Nc1cccc(C(C)NC(=O)CC(C)C2CCCNC2)c1.Cl. The van der Waals surface area contributed by atoms with E-state index in [1.807, 2.05) is 31.2 Å². The zero-order valence-electron chi connectivity index (χ0n) is 15.3. The largest absolute Gasteiger partial charge is 0.350 e. The molecule has 3 atom stereocenters. The predicted octanol–water partition coefficient (Wildman–Crippen LogP) is 3.27. The molecule has 2 amide bonds. The van der Waals surface area contributed by atoms with Gasteiger partial charge in [-0.25, -0.2) is 0 Å². The highest BCUT2D eigenvalue weighted by atomic mass is 35.5. The lowest BCUT2D eigenvalue weighted by Crippen LogP contribution is -2.36. The maximum Gasteiger partial charge on any atom is 0.221 e. The van der Waals surface area contributed by atoms with E-state index in [1.54, 1.807) is 0 Å². The van der Waals surface area contributed by atoms with Crippen LogP contribution in [0.2, 0.25) is 0 Å². The highest BCUT2D eigenvalue weighted by molar-refractivity contribution is 5.88. The first-order valence-electron chi connectivity index (χ1n) is 8.83. The van der Waals surface area contributed by atoms with Crippen LogP contribution in [0.15, 0.2) is 24.3 Å². The fourth-order valence-corrected chi connectivity index (χ4v) is 3.30. The number of nitrogens with one attached hydrogen (secondary N) is 3. The average molecular weight is 368 g/mol. The van der Waals surface area contributed by atoms with Crippen LogP contribution in [0.1, 0.15) is 51.6 Å². The van der Waals surface area contributed by atoms with E-state index in [-0.39, 0.29) is 30.3 Å². The van der Waals surface area contributed by atoms with Gasteiger partial charge in [-0.1, -0.05) is 19.1 Å². The van der Waals surface area contributed by atoms with Crippen LogP contribution >= 0.6 is 12.4 Å². The molecule has 0 bridgehead atoms. The van der Waals surface area contributed by atoms with Crippen molar-refractivity contribution < 1.29 is 9.59 Å². The second-order valence-corrected chi connectivity index (χ2v) is 6.88. The van der Waals surface area contributed by atoms with Gasteiger partial charge in [-0.3, -0.25) is 9.59 Å². The minimum absolute atomic E-state index is 0. The third kappa shape index (κ3) is 7.04. The van der Waals surface area contributed by atoms with Gasteiger partial charge in [-0.15, -0.1) is 12.4 Å². The molecule has 0 saturated carbocycles. The van der Waals surface area contributed by atoms with E-state index in [9.17, 15) is 9.59 Å². The second kappa shape index (κ2) is 10.4. The third-order valence-corrected chi connectivity index (χ3v) is 4.73. The van der Waals surface area contributed by atoms with Crippen LogP contribution in [0.3, 0.4) is 0 Å². The zero-order valence-corrected chi connectivity index (χ0v) is 16.1. The molecule has 1 saturated heterocycles. The van der Waals surface area contributed by atoms with Crippen molar-refractivity contribution in [3.8, 4) is 0 Å². The molecule has 1 aromatic carbocycles. The summed E-state index contributed by atoms with van der Waals surface area (Å²) in [6.45, 7) is 7.73. The minimum Gasteiger partial charge on any atom is -0.350 e. The lowest BCUT2D eigenvalue weighted by molar-refractivity contribution is -0.123. The summed E-state index contributed by atoms with van der Waals surface area (Å²) in [5.41, 5.74) is 1.74. The number of carbonyl (C=O) groups is 2. The van der Waals surface area contributed by atoms with Gasteiger partial charge in [0.15, 0.2) is 0 Å². The van der Waals surface area contributed by atoms with Crippen molar-refractivity contribution >= 4 is 29.9 Å². The number of rotatable bonds is 6. The van der Waals surface area contributed by atoms with Gasteiger partial charge in [-0.05, 0) is 62.4 Å². The number of carbonyl (C=O) groups excluding carboxylic acids is 2. The normalized spacial score (nSPS) is 19.2. The number of benzene rings is 1. The van der Waals surface area contributed by atoms with Crippen LogP contribution in [-0.4, -0.2) is 24.9 Å². The molecule has 0 aromatic heterocycles. The van der Waals surface area contributed by atoms with E-state index < -0.39 is 0 Å². The predicted molar refractivity (Wildman–Crippen MR) is 104 cm³/mol. The molecule has 25 heavy (non-hydrogen) atoms. The van der Waals surface area contributed by atoms with Gasteiger partial charge in [0.05, 0.1) is 6.04 Å². The zero-order chi connectivity index (χ0) is 17.5. The maximum absolute atomic E-state index is 12.3. The lowest BCUT2D eigenvalue weighted by Gasteiger charge is -2.28. The van der Waals surface area contributed by atoms with E-state index in [0.29, 0.717) is 18.3 Å². The molecule has 3 N–H and O–H groups in total. The van der Waals surface area contributed by atoms with Crippen LogP contribution in [-0.2, 0) is 9.59 Å². The Labute approximate surface area is 156 Å². The van der Waals surface area contributed by atoms with Crippen LogP contribution in [0, 0.1) is 11.8 Å². The first-order valence-corrected chi connectivity index (χ1v) is 8.83. The Morgan fingerprint density at radius 2 is 2.08 bits per heavy atom. The summed E-state index contributed by atoms with van der Waals surface area (Å²) in [6.07, 6.45) is 2.96. The second-order valence-electron chi connectivity index (χ2n) is 6.88. The quantitative estimate of drug-likeness (QED) is 0.722. The number of anilines is 1. The number of piperidine rings is 1. The van der Waals surface area contributed by atoms with Crippen molar-refractivity contribution in [3.63, 3.8) is 0 Å². The summed E-state index contributed by atoms with van der Waals surface area (Å²) in [6, 6.07) is 7.52. The molecule has 2 rings (SSSR count). The Morgan fingerprint density at radius 3 is 2.72 bits per heavy atom. The van der Waals surface area contributed by atoms with Crippen LogP contribution < -0.4 is 16.0 Å². The van der Waals surface area contributed by atoms with E-state index in [2.05, 4.69) is 22.9 Å². The Morgan fingerprint density at radius 1 is 1.32 bits per heavy atom. The molecule has 1 aliphatic heterocycles. The van der Waals surface area contributed by atoms with Crippen molar-refractivity contribution in [2.45, 2.75) is 46.1 Å². The van der Waals surface area contributed by atoms with Crippen molar-refractivity contribution in [2.75, 3.05) is 18.4 Å². The minimum atomic E-state index is -0.0984. The molecule has 1 heterocycles. The van der Waals surface area contributed by atoms with Crippen molar-refractivity contribution in [2.24, 2.45) is 11.8 Å². The number of amides is 2. The van der Waals surface area contributed by atoms with Gasteiger partial charge in [0, 0.05) is 19.0 Å². The van der Waals surface area contributed by atoms with Crippen molar-refractivity contribution in [1.82, 2.24) is 10.6 Å². The number of halogens is 1. The smallest absolute Gasteiger partial charge is 0.221 e. The molecule has 1 fully saturated rings. The van der Waals surface area contributed by atoms with Gasteiger partial charge in [0.25, 0.3) is 0 Å². The first kappa shape index (κ1) is 21.5. The average Bonchev–Trinajstić information content (AvgIpc) is 2.55. The number of hydrogen-bond donors (Lipinski definition) is 3. The van der Waals surface area contributed by atoms with E-state index in [0.717, 1.165) is 24.3 Å². The highest BCUT2D eigenvalue weighted by Crippen LogP contribution is 2.23. The van der Waals surface area contributed by atoms with Crippen molar-refractivity contribution in [3.05, 3.63) is 29.8 Å². The number of hydrogen-bond acceptors (Lipinski definition) is 3. The van der Waals surface area contributed by atoms with Gasteiger partial charge < -0.3 is 16.0 Å². The van der Waals surface area contributed by atoms with Crippen LogP contribution in [0.5, 0.6) is 0 Å². The first-order chi connectivity index (χ1) is 11.5. The molecule has 5 nitrogen and oxygen atoms in total. The topological polar surface area (TPSA) is 70.2 Å². The summed E-state index contributed by atoms with van der Waals surface area (Å²) >= 11 is 0. The summed E-state index contributed by atoms with van der Waals surface area (Å²) in [5, 5.41) is 9.26. The monoisotopic (exact) mass is 367 g/mol. The fraction of sp³-hybridized carbons (Fsp3) is 0.579. The summed E-state index contributed by atoms with van der Waals surface area (Å²) in [7, 11) is 0. The molecule has 0 spiro atoms. The van der Waals surface area contributed by atoms with Crippen LogP contribution in [0.4, 0.5) is 5.69 Å². The van der Waals surface area contributed by atoms with Gasteiger partial charge in [0.2, 0.25) is 11.8 Å². The van der Waals surface area contributed by atoms with E-state index in [1.165, 1.54) is 19.8 Å².